The Morgan fingerprint density at radius 2 is 1.94 bits per heavy atom. The number of morpholine rings is 1. The van der Waals surface area contributed by atoms with Gasteiger partial charge in [0.15, 0.2) is 0 Å². The first kappa shape index (κ1) is 22.5. The lowest BCUT2D eigenvalue weighted by Gasteiger charge is -2.29. The zero-order chi connectivity index (χ0) is 22.5. The normalized spacial score (nSPS) is 18.4. The van der Waals surface area contributed by atoms with E-state index in [-0.39, 0.29) is 11.9 Å². The average molecular weight is 456 g/mol. The van der Waals surface area contributed by atoms with Crippen LogP contribution in [0.5, 0.6) is 0 Å². The molecule has 168 valence electrons. The molecule has 0 aliphatic carbocycles. The standard InChI is InChI=1S/C24H26ClN3O4/c1-16(29)26-9-8-17-2-4-18(5-3-17)22-15-21(20-7-6-19(25)14-23(20)27-22)24(30)32-28-10-12-31-13-11-28/h2-7,14,21H,8-13,15H2,1H3,(H,26,29). The third kappa shape index (κ3) is 5.54. The van der Waals surface area contributed by atoms with E-state index in [2.05, 4.69) is 5.32 Å². The highest BCUT2D eigenvalue weighted by molar-refractivity contribution is 6.31. The largest absolute Gasteiger partial charge is 0.379 e. The van der Waals surface area contributed by atoms with Gasteiger partial charge in [0.25, 0.3) is 0 Å². The summed E-state index contributed by atoms with van der Waals surface area (Å²) in [5.74, 6) is -0.794. The second-order valence-electron chi connectivity index (χ2n) is 7.90. The Hall–Kier alpha value is -2.74. The van der Waals surface area contributed by atoms with Crippen LogP contribution in [0.3, 0.4) is 0 Å². The van der Waals surface area contributed by atoms with Gasteiger partial charge in [0.05, 0.1) is 37.9 Å². The lowest BCUT2D eigenvalue weighted by Crippen LogP contribution is -2.39. The number of hydroxylamine groups is 2. The van der Waals surface area contributed by atoms with E-state index >= 15 is 0 Å². The number of ether oxygens (including phenoxy) is 1. The number of fused-ring (bicyclic) bond motifs is 1. The molecule has 7 nitrogen and oxygen atoms in total. The number of amides is 1. The third-order valence-corrected chi connectivity index (χ3v) is 5.80. The molecule has 1 unspecified atom stereocenters. The van der Waals surface area contributed by atoms with Gasteiger partial charge < -0.3 is 14.9 Å². The highest BCUT2D eigenvalue weighted by Crippen LogP contribution is 2.38. The van der Waals surface area contributed by atoms with Gasteiger partial charge in [0, 0.05) is 30.6 Å². The number of aliphatic imine (C=N–C) groups is 1. The number of hydrogen-bond acceptors (Lipinski definition) is 6. The fraction of sp³-hybridized carbons (Fsp3) is 0.375. The van der Waals surface area contributed by atoms with Crippen molar-refractivity contribution in [3.63, 3.8) is 0 Å². The summed E-state index contributed by atoms with van der Waals surface area (Å²) < 4.78 is 5.33. The number of benzene rings is 2. The lowest BCUT2D eigenvalue weighted by molar-refractivity contribution is -0.207. The zero-order valence-electron chi connectivity index (χ0n) is 18.0. The number of rotatable bonds is 6. The van der Waals surface area contributed by atoms with E-state index in [1.54, 1.807) is 17.2 Å². The molecule has 4 rings (SSSR count). The van der Waals surface area contributed by atoms with Gasteiger partial charge in [-0.1, -0.05) is 41.9 Å². The molecular weight excluding hydrogens is 430 g/mol. The minimum atomic E-state index is -0.461. The first-order valence-corrected chi connectivity index (χ1v) is 11.1. The van der Waals surface area contributed by atoms with Crippen molar-refractivity contribution >= 4 is 34.9 Å². The third-order valence-electron chi connectivity index (χ3n) is 5.57. The maximum atomic E-state index is 13.1. The van der Waals surface area contributed by atoms with Crippen molar-refractivity contribution in [2.24, 2.45) is 4.99 Å². The number of carbonyl (C=O) groups is 2. The van der Waals surface area contributed by atoms with Crippen molar-refractivity contribution in [2.45, 2.75) is 25.7 Å². The van der Waals surface area contributed by atoms with E-state index in [0.29, 0.717) is 50.0 Å². The molecular formula is C24H26ClN3O4. The second-order valence-corrected chi connectivity index (χ2v) is 8.34. The van der Waals surface area contributed by atoms with Crippen LogP contribution in [0.2, 0.25) is 5.02 Å². The summed E-state index contributed by atoms with van der Waals surface area (Å²) in [7, 11) is 0. The van der Waals surface area contributed by atoms with E-state index in [9.17, 15) is 9.59 Å². The van der Waals surface area contributed by atoms with Gasteiger partial charge in [-0.3, -0.25) is 9.79 Å². The van der Waals surface area contributed by atoms with Crippen molar-refractivity contribution < 1.29 is 19.2 Å². The molecule has 2 aromatic carbocycles. The summed E-state index contributed by atoms with van der Waals surface area (Å²) in [6.45, 7) is 4.32. The van der Waals surface area contributed by atoms with Crippen molar-refractivity contribution in [3.05, 3.63) is 64.2 Å². The van der Waals surface area contributed by atoms with Gasteiger partial charge in [-0.25, -0.2) is 4.79 Å². The molecule has 8 heteroatoms. The number of halogens is 1. The molecule has 1 saturated heterocycles. The van der Waals surface area contributed by atoms with Crippen LogP contribution in [-0.2, 0) is 25.6 Å². The Morgan fingerprint density at radius 3 is 2.66 bits per heavy atom. The second kappa shape index (κ2) is 10.3. The molecule has 0 radical (unpaired) electrons. The smallest absolute Gasteiger partial charge is 0.332 e. The predicted octanol–water partition coefficient (Wildman–Crippen LogP) is 3.42. The monoisotopic (exact) mass is 455 g/mol. The zero-order valence-corrected chi connectivity index (χ0v) is 18.7. The van der Waals surface area contributed by atoms with Crippen molar-refractivity contribution in [2.75, 3.05) is 32.8 Å². The Labute approximate surface area is 192 Å². The SMILES string of the molecule is CC(=O)NCCc1ccc(C2=Nc3cc(Cl)ccc3C(C(=O)ON3CCOCC3)C2)cc1. The fourth-order valence-electron chi connectivity index (χ4n) is 3.87. The number of nitrogens with zero attached hydrogens (tertiary/aromatic N) is 2. The van der Waals surface area contributed by atoms with Crippen molar-refractivity contribution in [1.82, 2.24) is 10.4 Å². The van der Waals surface area contributed by atoms with E-state index < -0.39 is 5.92 Å². The molecule has 1 fully saturated rings. The molecule has 0 spiro atoms. The van der Waals surface area contributed by atoms with Gasteiger partial charge in [-0.15, -0.1) is 5.06 Å². The summed E-state index contributed by atoms with van der Waals surface area (Å²) in [4.78, 5) is 34.6. The van der Waals surface area contributed by atoms with Crippen LogP contribution < -0.4 is 5.32 Å². The van der Waals surface area contributed by atoms with E-state index in [0.717, 1.165) is 28.8 Å². The molecule has 1 N–H and O–H groups in total. The molecule has 0 saturated carbocycles. The predicted molar refractivity (Wildman–Crippen MR) is 122 cm³/mol. The fourth-order valence-corrected chi connectivity index (χ4v) is 4.04. The minimum absolute atomic E-state index is 0.0366. The van der Waals surface area contributed by atoms with Crippen LogP contribution in [0.15, 0.2) is 47.5 Å². The van der Waals surface area contributed by atoms with Crippen LogP contribution in [-0.4, -0.2) is 55.5 Å². The highest BCUT2D eigenvalue weighted by atomic mass is 35.5. The molecule has 2 aliphatic heterocycles. The van der Waals surface area contributed by atoms with Crippen molar-refractivity contribution in [3.8, 4) is 0 Å². The molecule has 1 atom stereocenters. The van der Waals surface area contributed by atoms with Gasteiger partial charge in [-0.2, -0.15) is 0 Å². The molecule has 2 aromatic rings. The van der Waals surface area contributed by atoms with E-state index in [4.69, 9.17) is 26.2 Å². The topological polar surface area (TPSA) is 80.2 Å². The van der Waals surface area contributed by atoms with Crippen LogP contribution in [0.1, 0.15) is 36.0 Å². The quantitative estimate of drug-likeness (QED) is 0.722. The van der Waals surface area contributed by atoms with E-state index in [1.165, 1.54) is 6.92 Å². The van der Waals surface area contributed by atoms with Gasteiger partial charge >= 0.3 is 5.97 Å². The minimum Gasteiger partial charge on any atom is -0.379 e. The van der Waals surface area contributed by atoms with E-state index in [1.807, 2.05) is 30.3 Å². The van der Waals surface area contributed by atoms with Gasteiger partial charge in [0.1, 0.15) is 0 Å². The summed E-state index contributed by atoms with van der Waals surface area (Å²) in [6.07, 6.45) is 1.20. The number of carbonyl (C=O) groups excluding carboxylic acids is 2. The Balaban J connectivity index is 1.53. The lowest BCUT2D eigenvalue weighted by atomic mass is 9.87. The van der Waals surface area contributed by atoms with Crippen LogP contribution in [0, 0.1) is 0 Å². The first-order valence-electron chi connectivity index (χ1n) is 10.7. The average Bonchev–Trinajstić information content (AvgIpc) is 2.79. The number of hydrogen-bond donors (Lipinski definition) is 1. The Bertz CT molecular complexity index is 1020. The maximum absolute atomic E-state index is 13.1. The van der Waals surface area contributed by atoms with Crippen molar-refractivity contribution in [1.29, 1.82) is 0 Å². The van der Waals surface area contributed by atoms with Gasteiger partial charge in [0.2, 0.25) is 5.91 Å². The molecule has 2 heterocycles. The summed E-state index contributed by atoms with van der Waals surface area (Å²) in [5.41, 5.74) is 4.39. The molecule has 2 aliphatic rings. The molecule has 0 bridgehead atoms. The van der Waals surface area contributed by atoms with Crippen LogP contribution in [0.25, 0.3) is 0 Å². The summed E-state index contributed by atoms with van der Waals surface area (Å²) >= 11 is 6.21. The number of nitrogens with one attached hydrogen (secondary N) is 1. The highest BCUT2D eigenvalue weighted by Gasteiger charge is 2.32. The van der Waals surface area contributed by atoms with Crippen LogP contribution in [0.4, 0.5) is 5.69 Å². The maximum Gasteiger partial charge on any atom is 0.332 e. The molecule has 32 heavy (non-hydrogen) atoms. The Morgan fingerprint density at radius 1 is 1.19 bits per heavy atom. The molecule has 0 aromatic heterocycles. The first-order chi connectivity index (χ1) is 15.5. The summed E-state index contributed by atoms with van der Waals surface area (Å²) in [5, 5.41) is 5.04. The molecule has 1 amide bonds. The Kier molecular flexibility index (Phi) is 7.19. The van der Waals surface area contributed by atoms with Crippen LogP contribution >= 0.6 is 11.6 Å². The summed E-state index contributed by atoms with van der Waals surface area (Å²) in [6, 6.07) is 13.5. The van der Waals surface area contributed by atoms with Gasteiger partial charge in [-0.05, 0) is 35.2 Å².